The molecule has 1 heterocycles. The molecule has 124 valence electrons. The molecule has 0 aliphatic heterocycles. The van der Waals surface area contributed by atoms with E-state index in [0.717, 1.165) is 11.4 Å². The predicted molar refractivity (Wildman–Crippen MR) is 96.9 cm³/mol. The van der Waals surface area contributed by atoms with Gasteiger partial charge in [0.2, 0.25) is 5.91 Å². The molecular formula is C18H15N5OS. The normalized spacial score (nSPS) is 10.2. The van der Waals surface area contributed by atoms with E-state index in [1.54, 1.807) is 24.3 Å². The SMILES string of the molecule is Cn1c(SCC(=O)Nc2ccc(C#N)cc2)nnc1-c1ccccc1. The van der Waals surface area contributed by atoms with Crippen LogP contribution in [0.4, 0.5) is 5.69 Å². The van der Waals surface area contributed by atoms with Crippen LogP contribution < -0.4 is 5.32 Å². The van der Waals surface area contributed by atoms with Gasteiger partial charge in [-0.25, -0.2) is 0 Å². The Labute approximate surface area is 149 Å². The topological polar surface area (TPSA) is 83.6 Å². The molecule has 7 heteroatoms. The van der Waals surface area contributed by atoms with E-state index in [1.165, 1.54) is 11.8 Å². The minimum Gasteiger partial charge on any atom is -0.325 e. The third-order valence-electron chi connectivity index (χ3n) is 3.50. The number of hydrogen-bond donors (Lipinski definition) is 1. The van der Waals surface area contributed by atoms with Gasteiger partial charge in [0.25, 0.3) is 0 Å². The van der Waals surface area contributed by atoms with E-state index >= 15 is 0 Å². The monoisotopic (exact) mass is 349 g/mol. The first-order chi connectivity index (χ1) is 12.2. The first kappa shape index (κ1) is 16.7. The number of nitriles is 1. The van der Waals surface area contributed by atoms with Crippen LogP contribution in [0, 0.1) is 11.3 Å². The molecule has 0 bridgehead atoms. The van der Waals surface area contributed by atoms with Crippen molar-refractivity contribution in [2.45, 2.75) is 5.16 Å². The Morgan fingerprint density at radius 2 is 1.88 bits per heavy atom. The number of carbonyl (C=O) groups is 1. The zero-order valence-corrected chi connectivity index (χ0v) is 14.3. The predicted octanol–water partition coefficient (Wildman–Crippen LogP) is 3.08. The van der Waals surface area contributed by atoms with Gasteiger partial charge in [0.1, 0.15) is 0 Å². The summed E-state index contributed by atoms with van der Waals surface area (Å²) >= 11 is 1.32. The largest absolute Gasteiger partial charge is 0.325 e. The average molecular weight is 349 g/mol. The first-order valence-electron chi connectivity index (χ1n) is 7.55. The molecule has 0 aliphatic carbocycles. The van der Waals surface area contributed by atoms with Gasteiger partial charge in [-0.05, 0) is 24.3 Å². The van der Waals surface area contributed by atoms with Crippen molar-refractivity contribution >= 4 is 23.4 Å². The number of hydrogen-bond acceptors (Lipinski definition) is 5. The lowest BCUT2D eigenvalue weighted by Gasteiger charge is -2.05. The second-order valence-electron chi connectivity index (χ2n) is 5.26. The summed E-state index contributed by atoms with van der Waals surface area (Å²) in [5.41, 5.74) is 2.19. The van der Waals surface area contributed by atoms with Crippen LogP contribution in [0.25, 0.3) is 11.4 Å². The van der Waals surface area contributed by atoms with Crippen LogP contribution in [0.3, 0.4) is 0 Å². The van der Waals surface area contributed by atoms with Gasteiger partial charge >= 0.3 is 0 Å². The van der Waals surface area contributed by atoms with Crippen LogP contribution >= 0.6 is 11.8 Å². The van der Waals surface area contributed by atoms with Gasteiger partial charge in [0.05, 0.1) is 17.4 Å². The quantitative estimate of drug-likeness (QED) is 0.716. The lowest BCUT2D eigenvalue weighted by Crippen LogP contribution is -2.14. The Balaban J connectivity index is 1.61. The highest BCUT2D eigenvalue weighted by Gasteiger charge is 2.12. The van der Waals surface area contributed by atoms with Gasteiger partial charge in [0, 0.05) is 18.3 Å². The molecule has 1 amide bonds. The number of rotatable bonds is 5. The van der Waals surface area contributed by atoms with E-state index in [1.807, 2.05) is 48.0 Å². The number of nitrogens with zero attached hydrogens (tertiary/aromatic N) is 4. The van der Waals surface area contributed by atoms with Gasteiger partial charge in [-0.2, -0.15) is 5.26 Å². The van der Waals surface area contributed by atoms with Gasteiger partial charge in [-0.15, -0.1) is 10.2 Å². The standard InChI is InChI=1S/C18H15N5OS/c1-23-17(14-5-3-2-4-6-14)21-22-18(23)25-12-16(24)20-15-9-7-13(11-19)8-10-15/h2-10H,12H2,1H3,(H,20,24). The van der Waals surface area contributed by atoms with Crippen LogP contribution in [0.1, 0.15) is 5.56 Å². The zero-order valence-electron chi connectivity index (χ0n) is 13.5. The molecule has 3 rings (SSSR count). The molecule has 2 aromatic carbocycles. The fourth-order valence-electron chi connectivity index (χ4n) is 2.23. The smallest absolute Gasteiger partial charge is 0.234 e. The third-order valence-corrected chi connectivity index (χ3v) is 4.52. The van der Waals surface area contributed by atoms with Gasteiger partial charge in [0.15, 0.2) is 11.0 Å². The number of benzene rings is 2. The van der Waals surface area contributed by atoms with Crippen molar-refractivity contribution in [3.63, 3.8) is 0 Å². The summed E-state index contributed by atoms with van der Waals surface area (Å²) in [4.78, 5) is 12.1. The molecular weight excluding hydrogens is 334 g/mol. The summed E-state index contributed by atoms with van der Waals surface area (Å²) in [6, 6.07) is 18.6. The van der Waals surface area contributed by atoms with Crippen molar-refractivity contribution in [2.24, 2.45) is 7.05 Å². The van der Waals surface area contributed by atoms with E-state index in [-0.39, 0.29) is 11.7 Å². The second-order valence-corrected chi connectivity index (χ2v) is 6.20. The summed E-state index contributed by atoms with van der Waals surface area (Å²) in [5.74, 6) is 0.843. The maximum absolute atomic E-state index is 12.1. The lowest BCUT2D eigenvalue weighted by atomic mass is 10.2. The summed E-state index contributed by atoms with van der Waals surface area (Å²) in [5, 5.41) is 20.6. The van der Waals surface area contributed by atoms with Crippen molar-refractivity contribution < 1.29 is 4.79 Å². The second kappa shape index (κ2) is 7.64. The number of nitrogens with one attached hydrogen (secondary N) is 1. The average Bonchev–Trinajstić information content (AvgIpc) is 3.02. The minimum atomic E-state index is -0.140. The molecule has 1 N–H and O–H groups in total. The van der Waals surface area contributed by atoms with Gasteiger partial charge < -0.3 is 9.88 Å². The zero-order chi connectivity index (χ0) is 17.6. The Morgan fingerprint density at radius 3 is 2.56 bits per heavy atom. The highest BCUT2D eigenvalue weighted by atomic mass is 32.2. The fourth-order valence-corrected chi connectivity index (χ4v) is 2.95. The van der Waals surface area contributed by atoms with Crippen LogP contribution in [0.5, 0.6) is 0 Å². The highest BCUT2D eigenvalue weighted by Crippen LogP contribution is 2.22. The summed E-state index contributed by atoms with van der Waals surface area (Å²) in [7, 11) is 1.88. The van der Waals surface area contributed by atoms with E-state index < -0.39 is 0 Å². The first-order valence-corrected chi connectivity index (χ1v) is 8.53. The van der Waals surface area contributed by atoms with Crippen LogP contribution in [-0.2, 0) is 11.8 Å². The Bertz CT molecular complexity index is 913. The number of carbonyl (C=O) groups excluding carboxylic acids is 1. The summed E-state index contributed by atoms with van der Waals surface area (Å²) < 4.78 is 1.87. The Hall–Kier alpha value is -3.11. The number of thioether (sulfide) groups is 1. The molecule has 0 atom stereocenters. The molecule has 0 spiro atoms. The van der Waals surface area contributed by atoms with Crippen molar-refractivity contribution in [2.75, 3.05) is 11.1 Å². The molecule has 0 saturated carbocycles. The van der Waals surface area contributed by atoms with Gasteiger partial charge in [-0.3, -0.25) is 4.79 Å². The number of anilines is 1. The molecule has 1 aromatic heterocycles. The molecule has 0 saturated heterocycles. The molecule has 0 aliphatic rings. The molecule has 25 heavy (non-hydrogen) atoms. The van der Waals surface area contributed by atoms with Crippen molar-refractivity contribution in [3.8, 4) is 17.5 Å². The van der Waals surface area contributed by atoms with E-state index in [2.05, 4.69) is 15.5 Å². The molecule has 3 aromatic rings. The molecule has 0 fully saturated rings. The van der Waals surface area contributed by atoms with Crippen molar-refractivity contribution in [1.29, 1.82) is 5.26 Å². The fraction of sp³-hybridized carbons (Fsp3) is 0.111. The van der Waals surface area contributed by atoms with Crippen LogP contribution in [-0.4, -0.2) is 26.4 Å². The summed E-state index contributed by atoms with van der Waals surface area (Å²) in [6.07, 6.45) is 0. The molecule has 0 unspecified atom stereocenters. The van der Waals surface area contributed by atoms with E-state index in [0.29, 0.717) is 16.4 Å². The Morgan fingerprint density at radius 1 is 1.16 bits per heavy atom. The van der Waals surface area contributed by atoms with Crippen molar-refractivity contribution in [3.05, 3.63) is 60.2 Å². The molecule has 0 radical (unpaired) electrons. The van der Waals surface area contributed by atoms with Crippen LogP contribution in [0.15, 0.2) is 59.8 Å². The van der Waals surface area contributed by atoms with E-state index in [9.17, 15) is 4.79 Å². The Kier molecular flexibility index (Phi) is 5.11. The maximum atomic E-state index is 12.1. The lowest BCUT2D eigenvalue weighted by molar-refractivity contribution is -0.113. The minimum absolute atomic E-state index is 0.140. The number of amides is 1. The maximum Gasteiger partial charge on any atom is 0.234 e. The van der Waals surface area contributed by atoms with Crippen molar-refractivity contribution in [1.82, 2.24) is 14.8 Å². The van der Waals surface area contributed by atoms with Crippen LogP contribution in [0.2, 0.25) is 0 Å². The van der Waals surface area contributed by atoms with E-state index in [4.69, 9.17) is 5.26 Å². The summed E-state index contributed by atoms with van der Waals surface area (Å²) in [6.45, 7) is 0. The van der Waals surface area contributed by atoms with Gasteiger partial charge in [-0.1, -0.05) is 42.1 Å². The highest BCUT2D eigenvalue weighted by molar-refractivity contribution is 7.99. The third kappa shape index (κ3) is 4.05. The molecule has 6 nitrogen and oxygen atoms in total. The number of aromatic nitrogens is 3.